The summed E-state index contributed by atoms with van der Waals surface area (Å²) in [6, 6.07) is 10.9. The van der Waals surface area contributed by atoms with Crippen molar-refractivity contribution in [2.24, 2.45) is 5.92 Å². The first-order valence-electron chi connectivity index (χ1n) is 11.1. The Kier molecular flexibility index (Phi) is 5.66. The van der Waals surface area contributed by atoms with Crippen LogP contribution in [-0.4, -0.2) is 45.4 Å². The van der Waals surface area contributed by atoms with Crippen LogP contribution in [0.1, 0.15) is 31.2 Å². The highest BCUT2D eigenvalue weighted by Gasteiger charge is 2.31. The quantitative estimate of drug-likeness (QED) is 0.598. The molecule has 1 aliphatic heterocycles. The van der Waals surface area contributed by atoms with Crippen molar-refractivity contribution in [1.82, 2.24) is 19.6 Å². The fourth-order valence-electron chi connectivity index (χ4n) is 3.98. The van der Waals surface area contributed by atoms with Gasteiger partial charge in [0.25, 0.3) is 0 Å². The van der Waals surface area contributed by atoms with E-state index < -0.39 is 0 Å². The number of anilines is 1. The zero-order valence-electron chi connectivity index (χ0n) is 17.9. The van der Waals surface area contributed by atoms with Gasteiger partial charge in [-0.05, 0) is 60.7 Å². The number of ether oxygens (including phenoxy) is 1. The topological polar surface area (TPSA) is 88.0 Å². The van der Waals surface area contributed by atoms with Crippen LogP contribution in [0.2, 0.25) is 0 Å². The fraction of sp³-hybridized carbons (Fsp3) is 0.375. The van der Waals surface area contributed by atoms with E-state index in [4.69, 9.17) is 4.74 Å². The first-order valence-corrected chi connectivity index (χ1v) is 11.1. The Morgan fingerprint density at radius 1 is 1.09 bits per heavy atom. The molecule has 3 heterocycles. The van der Waals surface area contributed by atoms with Crippen LogP contribution >= 0.6 is 0 Å². The molecule has 0 radical (unpaired) electrons. The van der Waals surface area contributed by atoms with E-state index in [1.54, 1.807) is 6.20 Å². The molecular formula is C24H27N5O3. The molecule has 0 bridgehead atoms. The summed E-state index contributed by atoms with van der Waals surface area (Å²) in [5, 5.41) is 5.69. The van der Waals surface area contributed by atoms with E-state index in [2.05, 4.69) is 15.6 Å². The number of nitrogens with zero attached hydrogens (tertiary/aromatic N) is 3. The number of urea groups is 1. The molecule has 1 aliphatic carbocycles. The maximum absolute atomic E-state index is 12.3. The number of hydrogen-bond donors (Lipinski definition) is 2. The zero-order valence-corrected chi connectivity index (χ0v) is 17.9. The molecule has 2 N–H and O–H groups in total. The third-order valence-electron chi connectivity index (χ3n) is 5.99. The van der Waals surface area contributed by atoms with Gasteiger partial charge in [-0.15, -0.1) is 0 Å². The summed E-state index contributed by atoms with van der Waals surface area (Å²) < 4.78 is 7.96. The largest absolute Gasteiger partial charge is 0.489 e. The molecule has 1 saturated heterocycles. The van der Waals surface area contributed by atoms with Gasteiger partial charge in [0, 0.05) is 50.2 Å². The minimum atomic E-state index is -0.275. The molecule has 8 nitrogen and oxygen atoms in total. The molecule has 32 heavy (non-hydrogen) atoms. The van der Waals surface area contributed by atoms with E-state index in [0.29, 0.717) is 31.1 Å². The minimum Gasteiger partial charge on any atom is -0.489 e. The van der Waals surface area contributed by atoms with Gasteiger partial charge in [0.2, 0.25) is 5.91 Å². The van der Waals surface area contributed by atoms with Crippen LogP contribution in [0, 0.1) is 5.92 Å². The third kappa shape index (κ3) is 5.01. The summed E-state index contributed by atoms with van der Waals surface area (Å²) in [5.74, 6) is 1.61. The third-order valence-corrected chi connectivity index (χ3v) is 5.99. The number of aromatic nitrogens is 2. The summed E-state index contributed by atoms with van der Waals surface area (Å²) in [4.78, 5) is 30.7. The predicted octanol–water partition coefficient (Wildman–Crippen LogP) is 3.44. The lowest BCUT2D eigenvalue weighted by Gasteiger charge is -2.17. The van der Waals surface area contributed by atoms with Crippen LogP contribution in [0.4, 0.5) is 10.5 Å². The summed E-state index contributed by atoms with van der Waals surface area (Å²) in [6.07, 6.45) is 9.48. The molecule has 0 unspecified atom stereocenters. The molecule has 2 aliphatic rings. The number of fused-ring (bicyclic) bond motifs is 1. The van der Waals surface area contributed by atoms with E-state index in [9.17, 15) is 9.59 Å². The van der Waals surface area contributed by atoms with Gasteiger partial charge in [0.05, 0.1) is 6.54 Å². The van der Waals surface area contributed by atoms with E-state index in [1.165, 1.54) is 12.8 Å². The second-order valence-corrected chi connectivity index (χ2v) is 8.58. The van der Waals surface area contributed by atoms with Gasteiger partial charge < -0.3 is 24.7 Å². The Morgan fingerprint density at radius 3 is 2.75 bits per heavy atom. The van der Waals surface area contributed by atoms with Gasteiger partial charge in [0.15, 0.2) is 0 Å². The SMILES string of the molecule is O=C(NCc1ccn2ccnc2c1)Nc1ccc(O[C@@H]2CCN(C(=O)CC3CC3)C2)cc1. The van der Waals surface area contributed by atoms with Crippen LogP contribution in [0.3, 0.4) is 0 Å². The molecular weight excluding hydrogens is 406 g/mol. The normalized spacial score (nSPS) is 18.0. The van der Waals surface area contributed by atoms with E-state index in [0.717, 1.165) is 29.9 Å². The van der Waals surface area contributed by atoms with E-state index in [1.807, 2.05) is 58.1 Å². The predicted molar refractivity (Wildman–Crippen MR) is 120 cm³/mol. The number of likely N-dealkylation sites (tertiary alicyclic amines) is 1. The summed E-state index contributed by atoms with van der Waals surface area (Å²) in [7, 11) is 0. The fourth-order valence-corrected chi connectivity index (χ4v) is 3.98. The number of nitrogens with one attached hydrogen (secondary N) is 2. The molecule has 3 amide bonds. The van der Waals surface area contributed by atoms with Gasteiger partial charge >= 0.3 is 6.03 Å². The number of hydrogen-bond acceptors (Lipinski definition) is 4. The number of carbonyl (C=O) groups is 2. The van der Waals surface area contributed by atoms with Crippen molar-refractivity contribution in [2.45, 2.75) is 38.3 Å². The zero-order chi connectivity index (χ0) is 21.9. The number of amides is 3. The van der Waals surface area contributed by atoms with Gasteiger partial charge in [-0.1, -0.05) is 0 Å². The van der Waals surface area contributed by atoms with Crippen molar-refractivity contribution in [3.63, 3.8) is 0 Å². The second kappa shape index (κ2) is 8.90. The number of pyridine rings is 1. The maximum atomic E-state index is 12.3. The lowest BCUT2D eigenvalue weighted by atomic mass is 10.2. The van der Waals surface area contributed by atoms with Gasteiger partial charge in [0.1, 0.15) is 17.5 Å². The highest BCUT2D eigenvalue weighted by atomic mass is 16.5. The van der Waals surface area contributed by atoms with Crippen LogP contribution in [-0.2, 0) is 11.3 Å². The molecule has 0 spiro atoms. The lowest BCUT2D eigenvalue weighted by Crippen LogP contribution is -2.31. The molecule has 1 aromatic carbocycles. The molecule has 2 aromatic heterocycles. The molecule has 1 atom stereocenters. The maximum Gasteiger partial charge on any atom is 0.319 e. The number of carbonyl (C=O) groups excluding carboxylic acids is 2. The van der Waals surface area contributed by atoms with Crippen LogP contribution < -0.4 is 15.4 Å². The Labute approximate surface area is 186 Å². The van der Waals surface area contributed by atoms with Crippen LogP contribution in [0.5, 0.6) is 5.75 Å². The smallest absolute Gasteiger partial charge is 0.319 e. The first kappa shape index (κ1) is 20.4. The number of imidazole rings is 1. The second-order valence-electron chi connectivity index (χ2n) is 8.58. The van der Waals surface area contributed by atoms with Gasteiger partial charge in [-0.3, -0.25) is 4.79 Å². The monoisotopic (exact) mass is 433 g/mol. The molecule has 8 heteroatoms. The van der Waals surface area contributed by atoms with Crippen molar-refractivity contribution < 1.29 is 14.3 Å². The highest BCUT2D eigenvalue weighted by molar-refractivity contribution is 5.89. The van der Waals surface area contributed by atoms with Crippen molar-refractivity contribution in [1.29, 1.82) is 0 Å². The molecule has 5 rings (SSSR count). The Hall–Kier alpha value is -3.55. The average molecular weight is 434 g/mol. The van der Waals surface area contributed by atoms with Crippen molar-refractivity contribution >= 4 is 23.3 Å². The average Bonchev–Trinajstić information content (AvgIpc) is 3.28. The van der Waals surface area contributed by atoms with E-state index >= 15 is 0 Å². The molecule has 1 saturated carbocycles. The molecule has 166 valence electrons. The highest BCUT2D eigenvalue weighted by Crippen LogP contribution is 2.33. The Bertz CT molecular complexity index is 1110. The summed E-state index contributed by atoms with van der Waals surface area (Å²) in [6.45, 7) is 1.83. The summed E-state index contributed by atoms with van der Waals surface area (Å²) >= 11 is 0. The summed E-state index contributed by atoms with van der Waals surface area (Å²) in [5.41, 5.74) is 2.51. The van der Waals surface area contributed by atoms with Crippen molar-refractivity contribution in [3.05, 3.63) is 60.6 Å². The molecule has 2 fully saturated rings. The van der Waals surface area contributed by atoms with Crippen LogP contribution in [0.25, 0.3) is 5.65 Å². The first-order chi connectivity index (χ1) is 15.6. The number of rotatable bonds is 7. The van der Waals surface area contributed by atoms with Crippen molar-refractivity contribution in [3.8, 4) is 5.75 Å². The van der Waals surface area contributed by atoms with Gasteiger partial charge in [-0.2, -0.15) is 0 Å². The Balaban J connectivity index is 1.07. The molecule has 3 aromatic rings. The number of benzene rings is 1. The van der Waals surface area contributed by atoms with Crippen LogP contribution in [0.15, 0.2) is 55.0 Å². The lowest BCUT2D eigenvalue weighted by molar-refractivity contribution is -0.130. The Morgan fingerprint density at radius 2 is 1.94 bits per heavy atom. The minimum absolute atomic E-state index is 0.0210. The standard InChI is InChI=1S/C24H27N5O3/c30-23(14-17-1-2-17)29-11-8-21(16-29)32-20-5-3-19(4-6-20)27-24(31)26-15-18-7-10-28-12-9-25-22(28)13-18/h3-7,9-10,12-13,17,21H,1-2,8,11,14-16H2,(H2,26,27,31)/t21-/m1/s1. The van der Waals surface area contributed by atoms with E-state index in [-0.39, 0.29) is 18.0 Å². The van der Waals surface area contributed by atoms with Crippen molar-refractivity contribution in [2.75, 3.05) is 18.4 Å². The van der Waals surface area contributed by atoms with Gasteiger partial charge in [-0.25, -0.2) is 9.78 Å².